The third-order valence-corrected chi connectivity index (χ3v) is 2.00. The van der Waals surface area contributed by atoms with Crippen LogP contribution in [0.3, 0.4) is 0 Å². The van der Waals surface area contributed by atoms with E-state index in [2.05, 4.69) is 10.3 Å². The number of alkyl halides is 2. The molecule has 0 fully saturated rings. The first-order chi connectivity index (χ1) is 7.74. The number of halogens is 2. The molecule has 16 heavy (non-hydrogen) atoms. The average Bonchev–Trinajstić information content (AvgIpc) is 2.30. The second kappa shape index (κ2) is 6.71. The summed E-state index contributed by atoms with van der Waals surface area (Å²) in [5.41, 5.74) is 0.923. The molecule has 0 bridgehead atoms. The number of hydrogen-bond acceptors (Lipinski definition) is 2. The second-order valence-corrected chi connectivity index (χ2v) is 3.15. The van der Waals surface area contributed by atoms with E-state index in [0.717, 1.165) is 5.56 Å². The number of benzene rings is 1. The van der Waals surface area contributed by atoms with Crippen LogP contribution in [0.25, 0.3) is 0 Å². The van der Waals surface area contributed by atoms with Crippen LogP contribution in [-0.2, 0) is 6.54 Å². The van der Waals surface area contributed by atoms with Gasteiger partial charge in [-0.2, -0.15) is 0 Å². The number of aliphatic imine (C=N–C) groups is 1. The van der Waals surface area contributed by atoms with Gasteiger partial charge in [-0.15, -0.1) is 0 Å². The summed E-state index contributed by atoms with van der Waals surface area (Å²) in [5.74, 6) is 0. The summed E-state index contributed by atoms with van der Waals surface area (Å²) in [5, 5.41) is 2.42. The first-order valence-corrected chi connectivity index (χ1v) is 4.94. The summed E-state index contributed by atoms with van der Waals surface area (Å²) in [7, 11) is 1.46. The molecule has 0 aromatic heterocycles. The van der Waals surface area contributed by atoms with Gasteiger partial charge in [-0.25, -0.2) is 8.78 Å². The van der Waals surface area contributed by atoms with Crippen LogP contribution in [0.1, 0.15) is 5.56 Å². The Hall–Kier alpha value is -1.71. The highest BCUT2D eigenvalue weighted by Crippen LogP contribution is 2.03. The minimum atomic E-state index is -2.49. The highest BCUT2D eigenvalue weighted by atomic mass is 19.3. The van der Waals surface area contributed by atoms with Crippen molar-refractivity contribution in [3.8, 4) is 0 Å². The van der Waals surface area contributed by atoms with Crippen molar-refractivity contribution in [1.82, 2.24) is 5.32 Å². The summed E-state index contributed by atoms with van der Waals surface area (Å²) in [6.45, 7) is 0.498. The molecular weight excluding hydrogens is 210 g/mol. The summed E-state index contributed by atoms with van der Waals surface area (Å²) < 4.78 is 24.5. The van der Waals surface area contributed by atoms with E-state index < -0.39 is 6.43 Å². The van der Waals surface area contributed by atoms with Gasteiger partial charge in [0.2, 0.25) is 0 Å². The van der Waals surface area contributed by atoms with Crippen LogP contribution in [0.5, 0.6) is 0 Å². The number of rotatable bonds is 5. The lowest BCUT2D eigenvalue weighted by Gasteiger charge is -2.02. The third kappa shape index (κ3) is 4.21. The SMILES string of the molecule is CNC(=CC=NCc1ccccc1)C(F)F. The number of hydrogen-bond donors (Lipinski definition) is 1. The zero-order chi connectivity index (χ0) is 11.8. The molecule has 1 N–H and O–H groups in total. The zero-order valence-electron chi connectivity index (χ0n) is 9.03. The predicted molar refractivity (Wildman–Crippen MR) is 61.8 cm³/mol. The van der Waals surface area contributed by atoms with E-state index in [9.17, 15) is 8.78 Å². The second-order valence-electron chi connectivity index (χ2n) is 3.15. The molecule has 1 rings (SSSR count). The first-order valence-electron chi connectivity index (χ1n) is 4.94. The van der Waals surface area contributed by atoms with Crippen molar-refractivity contribution in [2.24, 2.45) is 4.99 Å². The molecule has 0 unspecified atom stereocenters. The Balaban J connectivity index is 2.49. The Labute approximate surface area is 93.7 Å². The van der Waals surface area contributed by atoms with Gasteiger partial charge in [-0.3, -0.25) is 4.99 Å². The van der Waals surface area contributed by atoms with Gasteiger partial charge < -0.3 is 5.32 Å². The first kappa shape index (κ1) is 12.4. The average molecular weight is 224 g/mol. The largest absolute Gasteiger partial charge is 0.387 e. The Morgan fingerprint density at radius 3 is 2.62 bits per heavy atom. The Bertz CT molecular complexity index is 359. The van der Waals surface area contributed by atoms with Crippen molar-refractivity contribution >= 4 is 6.21 Å². The van der Waals surface area contributed by atoms with Crippen molar-refractivity contribution < 1.29 is 8.78 Å². The van der Waals surface area contributed by atoms with Crippen LogP contribution >= 0.6 is 0 Å². The van der Waals surface area contributed by atoms with E-state index in [4.69, 9.17) is 0 Å². The van der Waals surface area contributed by atoms with E-state index in [1.807, 2.05) is 30.3 Å². The molecule has 4 heteroatoms. The summed E-state index contributed by atoms with van der Waals surface area (Å²) in [6, 6.07) is 9.63. The van der Waals surface area contributed by atoms with Gasteiger partial charge >= 0.3 is 0 Å². The monoisotopic (exact) mass is 224 g/mol. The molecule has 0 aliphatic heterocycles. The maximum absolute atomic E-state index is 12.3. The van der Waals surface area contributed by atoms with E-state index in [-0.39, 0.29) is 5.70 Å². The molecule has 1 aromatic carbocycles. The van der Waals surface area contributed by atoms with Gasteiger partial charge in [0.1, 0.15) is 0 Å². The van der Waals surface area contributed by atoms with Crippen LogP contribution in [0.2, 0.25) is 0 Å². The van der Waals surface area contributed by atoms with Gasteiger partial charge in [0.25, 0.3) is 6.43 Å². The number of nitrogens with one attached hydrogen (secondary N) is 1. The lowest BCUT2D eigenvalue weighted by Crippen LogP contribution is -2.13. The van der Waals surface area contributed by atoms with Crippen LogP contribution in [-0.4, -0.2) is 19.7 Å². The maximum Gasteiger partial charge on any atom is 0.277 e. The smallest absolute Gasteiger partial charge is 0.277 e. The van der Waals surface area contributed by atoms with Crippen LogP contribution < -0.4 is 5.32 Å². The molecule has 86 valence electrons. The molecule has 0 heterocycles. The number of nitrogens with zero attached hydrogens (tertiary/aromatic N) is 1. The number of allylic oxidation sites excluding steroid dienone is 2. The molecule has 0 aliphatic rings. The molecule has 0 amide bonds. The van der Waals surface area contributed by atoms with Crippen molar-refractivity contribution in [2.45, 2.75) is 13.0 Å². The fraction of sp³-hybridized carbons (Fsp3) is 0.250. The summed E-state index contributed by atoms with van der Waals surface area (Å²) >= 11 is 0. The molecule has 1 aromatic rings. The van der Waals surface area contributed by atoms with Crippen LogP contribution in [0.4, 0.5) is 8.78 Å². The quantitative estimate of drug-likeness (QED) is 0.764. The standard InChI is InChI=1S/C12H14F2N2/c1-15-11(12(13)14)7-8-16-9-10-5-3-2-4-6-10/h2-8,12,15H,9H2,1H3. The van der Waals surface area contributed by atoms with E-state index in [1.54, 1.807) is 0 Å². The fourth-order valence-electron chi connectivity index (χ4n) is 1.14. The summed E-state index contributed by atoms with van der Waals surface area (Å²) in [4.78, 5) is 4.04. The molecule has 0 saturated carbocycles. The van der Waals surface area contributed by atoms with Gasteiger partial charge in [-0.05, 0) is 11.6 Å². The lowest BCUT2D eigenvalue weighted by atomic mass is 10.2. The van der Waals surface area contributed by atoms with Crippen LogP contribution in [0, 0.1) is 0 Å². The van der Waals surface area contributed by atoms with E-state index in [1.165, 1.54) is 19.3 Å². The van der Waals surface area contributed by atoms with E-state index in [0.29, 0.717) is 6.54 Å². The van der Waals surface area contributed by atoms with Crippen molar-refractivity contribution in [1.29, 1.82) is 0 Å². The molecule has 0 spiro atoms. The normalized spacial score (nSPS) is 12.4. The van der Waals surface area contributed by atoms with Gasteiger partial charge in [-0.1, -0.05) is 30.3 Å². The Morgan fingerprint density at radius 1 is 1.38 bits per heavy atom. The van der Waals surface area contributed by atoms with Crippen molar-refractivity contribution in [3.63, 3.8) is 0 Å². The maximum atomic E-state index is 12.3. The predicted octanol–water partition coefficient (Wildman–Crippen LogP) is 2.63. The van der Waals surface area contributed by atoms with Crippen molar-refractivity contribution in [2.75, 3.05) is 7.05 Å². The molecule has 0 saturated heterocycles. The Morgan fingerprint density at radius 2 is 2.06 bits per heavy atom. The molecule has 0 atom stereocenters. The summed E-state index contributed by atoms with van der Waals surface area (Å²) in [6.07, 6.45) is 0.187. The lowest BCUT2D eigenvalue weighted by molar-refractivity contribution is 0.182. The molecule has 2 nitrogen and oxygen atoms in total. The van der Waals surface area contributed by atoms with E-state index >= 15 is 0 Å². The molecule has 0 aliphatic carbocycles. The minimum Gasteiger partial charge on any atom is -0.387 e. The van der Waals surface area contributed by atoms with Crippen LogP contribution in [0.15, 0.2) is 47.1 Å². The topological polar surface area (TPSA) is 24.4 Å². The highest BCUT2D eigenvalue weighted by Gasteiger charge is 2.06. The van der Waals surface area contributed by atoms with Gasteiger partial charge in [0.05, 0.1) is 12.2 Å². The van der Waals surface area contributed by atoms with Crippen molar-refractivity contribution in [3.05, 3.63) is 47.7 Å². The molecular formula is C12H14F2N2. The van der Waals surface area contributed by atoms with Gasteiger partial charge in [0, 0.05) is 13.3 Å². The van der Waals surface area contributed by atoms with Gasteiger partial charge in [0.15, 0.2) is 0 Å². The molecule has 0 radical (unpaired) electrons. The fourth-order valence-corrected chi connectivity index (χ4v) is 1.14. The Kier molecular flexibility index (Phi) is 5.19. The minimum absolute atomic E-state index is 0.128. The third-order valence-electron chi connectivity index (χ3n) is 2.00. The highest BCUT2D eigenvalue weighted by molar-refractivity contribution is 5.72. The zero-order valence-corrected chi connectivity index (χ0v) is 9.03.